The Morgan fingerprint density at radius 1 is 1.00 bits per heavy atom. The molecular weight excluding hydrogens is 350 g/mol. The van der Waals surface area contributed by atoms with Gasteiger partial charge in [-0.3, -0.25) is 9.78 Å². The minimum Gasteiger partial charge on any atom is -0.308 e. The molecule has 1 aromatic heterocycles. The van der Waals surface area contributed by atoms with Gasteiger partial charge in [0.1, 0.15) is 0 Å². The largest absolute Gasteiger partial charge is 0.323 e. The van der Waals surface area contributed by atoms with Crippen LogP contribution in [0.2, 0.25) is 0 Å². The van der Waals surface area contributed by atoms with Crippen LogP contribution in [0.3, 0.4) is 0 Å². The number of fused-ring (bicyclic) bond motifs is 2. The van der Waals surface area contributed by atoms with E-state index in [1.54, 1.807) is 18.3 Å². The predicted molar refractivity (Wildman–Crippen MR) is 105 cm³/mol. The summed E-state index contributed by atoms with van der Waals surface area (Å²) in [5, 5.41) is 6.53. The Hall–Kier alpha value is -2.92. The molecule has 132 valence electrons. The van der Waals surface area contributed by atoms with Crippen LogP contribution in [0, 0.1) is 0 Å². The van der Waals surface area contributed by atoms with Crippen molar-refractivity contribution >= 4 is 46.5 Å². The molecule has 2 amide bonds. The molecule has 1 aliphatic rings. The maximum atomic E-state index is 12.3. The minimum atomic E-state index is -0.348. The molecule has 1 heterocycles. The van der Waals surface area contributed by atoms with Gasteiger partial charge in [0.2, 0.25) is 0 Å². The zero-order valence-corrected chi connectivity index (χ0v) is 14.8. The van der Waals surface area contributed by atoms with Gasteiger partial charge >= 0.3 is 6.03 Å². The standard InChI is InChI=1S/C20H17N3O2.ClH/c24-19-7-3-4-13-8-9-14(12-16(13)19)22-20(25)23-18-10-11-21-17-6-2-1-5-15(17)18;/h1-2,5-6,8-12H,3-4,7H2,(H2,21,22,23,25);1H. The van der Waals surface area contributed by atoms with Gasteiger partial charge in [0, 0.05) is 29.3 Å². The summed E-state index contributed by atoms with van der Waals surface area (Å²) in [4.78, 5) is 28.7. The lowest BCUT2D eigenvalue weighted by Gasteiger charge is -2.16. The number of hydrogen-bond acceptors (Lipinski definition) is 3. The Bertz CT molecular complexity index is 982. The number of carbonyl (C=O) groups is 2. The topological polar surface area (TPSA) is 71.1 Å². The van der Waals surface area contributed by atoms with Gasteiger partial charge in [-0.25, -0.2) is 4.79 Å². The van der Waals surface area contributed by atoms with Crippen molar-refractivity contribution in [2.24, 2.45) is 0 Å². The Labute approximate surface area is 157 Å². The molecule has 0 unspecified atom stereocenters. The van der Waals surface area contributed by atoms with E-state index in [4.69, 9.17) is 0 Å². The third-order valence-corrected chi connectivity index (χ3v) is 4.42. The van der Waals surface area contributed by atoms with E-state index >= 15 is 0 Å². The van der Waals surface area contributed by atoms with Gasteiger partial charge in [-0.05, 0) is 42.7 Å². The molecular formula is C20H18ClN3O2. The molecule has 0 spiro atoms. The SMILES string of the molecule is Cl.O=C(Nc1ccc2c(c1)C(=O)CCC2)Nc1ccnc2ccccc12. The van der Waals surface area contributed by atoms with Crippen molar-refractivity contribution in [3.05, 3.63) is 65.9 Å². The van der Waals surface area contributed by atoms with Crippen LogP contribution in [-0.4, -0.2) is 16.8 Å². The number of amides is 2. The van der Waals surface area contributed by atoms with Gasteiger partial charge in [-0.1, -0.05) is 24.3 Å². The molecule has 26 heavy (non-hydrogen) atoms. The first-order valence-corrected chi connectivity index (χ1v) is 8.28. The van der Waals surface area contributed by atoms with Crippen molar-refractivity contribution in [3.63, 3.8) is 0 Å². The number of para-hydroxylation sites is 1. The molecule has 0 atom stereocenters. The number of anilines is 2. The first-order valence-electron chi connectivity index (χ1n) is 8.28. The van der Waals surface area contributed by atoms with E-state index < -0.39 is 0 Å². The number of nitrogens with zero attached hydrogens (tertiary/aromatic N) is 1. The van der Waals surface area contributed by atoms with Gasteiger partial charge in [-0.2, -0.15) is 0 Å². The lowest BCUT2D eigenvalue weighted by atomic mass is 9.90. The number of carbonyl (C=O) groups excluding carboxylic acids is 2. The predicted octanol–water partition coefficient (Wildman–Crippen LogP) is 4.82. The van der Waals surface area contributed by atoms with E-state index in [2.05, 4.69) is 15.6 Å². The number of urea groups is 1. The number of halogens is 1. The number of ketones is 1. The Kier molecular flexibility index (Phi) is 5.19. The average Bonchev–Trinajstić information content (AvgIpc) is 2.63. The summed E-state index contributed by atoms with van der Waals surface area (Å²) in [6.45, 7) is 0. The van der Waals surface area contributed by atoms with Crippen LogP contribution in [0.4, 0.5) is 16.2 Å². The number of aryl methyl sites for hydroxylation is 1. The number of nitrogens with one attached hydrogen (secondary N) is 2. The third kappa shape index (κ3) is 3.53. The molecule has 6 heteroatoms. The van der Waals surface area contributed by atoms with Crippen molar-refractivity contribution < 1.29 is 9.59 Å². The van der Waals surface area contributed by atoms with E-state index in [9.17, 15) is 9.59 Å². The number of rotatable bonds is 2. The fraction of sp³-hybridized carbons (Fsp3) is 0.150. The molecule has 0 radical (unpaired) electrons. The summed E-state index contributed by atoms with van der Waals surface area (Å²) < 4.78 is 0. The van der Waals surface area contributed by atoms with Crippen LogP contribution >= 0.6 is 12.4 Å². The quantitative estimate of drug-likeness (QED) is 0.682. The maximum Gasteiger partial charge on any atom is 0.323 e. The molecule has 3 aromatic rings. The monoisotopic (exact) mass is 367 g/mol. The average molecular weight is 368 g/mol. The highest BCUT2D eigenvalue weighted by molar-refractivity contribution is 6.06. The van der Waals surface area contributed by atoms with E-state index in [0.29, 0.717) is 17.8 Å². The molecule has 2 N–H and O–H groups in total. The molecule has 1 aliphatic carbocycles. The van der Waals surface area contributed by atoms with Crippen LogP contribution in [-0.2, 0) is 6.42 Å². The number of hydrogen-bond donors (Lipinski definition) is 2. The van der Waals surface area contributed by atoms with E-state index in [0.717, 1.165) is 34.9 Å². The highest BCUT2D eigenvalue weighted by Crippen LogP contribution is 2.25. The molecule has 0 bridgehead atoms. The summed E-state index contributed by atoms with van der Waals surface area (Å²) in [7, 11) is 0. The Morgan fingerprint density at radius 2 is 1.85 bits per heavy atom. The lowest BCUT2D eigenvalue weighted by Crippen LogP contribution is -2.20. The highest BCUT2D eigenvalue weighted by atomic mass is 35.5. The van der Waals surface area contributed by atoms with E-state index in [1.807, 2.05) is 36.4 Å². The van der Waals surface area contributed by atoms with Crippen molar-refractivity contribution in [1.29, 1.82) is 0 Å². The smallest absolute Gasteiger partial charge is 0.308 e. The molecule has 0 saturated carbocycles. The van der Waals surface area contributed by atoms with Crippen molar-refractivity contribution in [1.82, 2.24) is 4.98 Å². The van der Waals surface area contributed by atoms with Gasteiger partial charge in [0.05, 0.1) is 11.2 Å². The highest BCUT2D eigenvalue weighted by Gasteiger charge is 2.17. The molecule has 0 saturated heterocycles. The summed E-state index contributed by atoms with van der Waals surface area (Å²) in [6.07, 6.45) is 4.05. The second-order valence-electron chi connectivity index (χ2n) is 6.10. The van der Waals surface area contributed by atoms with Crippen LogP contribution in [0.5, 0.6) is 0 Å². The first-order chi connectivity index (χ1) is 12.2. The normalized spacial score (nSPS) is 12.8. The van der Waals surface area contributed by atoms with Gasteiger partial charge in [-0.15, -0.1) is 12.4 Å². The van der Waals surface area contributed by atoms with Crippen molar-refractivity contribution in [3.8, 4) is 0 Å². The summed E-state index contributed by atoms with van der Waals surface area (Å²) >= 11 is 0. The lowest BCUT2D eigenvalue weighted by molar-refractivity contribution is 0.0972. The molecule has 0 fully saturated rings. The van der Waals surface area contributed by atoms with Crippen LogP contribution in [0.1, 0.15) is 28.8 Å². The first kappa shape index (κ1) is 17.9. The molecule has 2 aromatic carbocycles. The Balaban J connectivity index is 0.00000196. The summed E-state index contributed by atoms with van der Waals surface area (Å²) in [5.41, 5.74) is 3.91. The number of aromatic nitrogens is 1. The van der Waals surface area contributed by atoms with Gasteiger partial charge < -0.3 is 10.6 Å². The van der Waals surface area contributed by atoms with Crippen molar-refractivity contribution in [2.45, 2.75) is 19.3 Å². The maximum absolute atomic E-state index is 12.3. The van der Waals surface area contributed by atoms with E-state index in [-0.39, 0.29) is 24.2 Å². The number of Topliss-reactive ketones (excluding diaryl/α,β-unsaturated/α-hetero) is 1. The van der Waals surface area contributed by atoms with Crippen molar-refractivity contribution in [2.75, 3.05) is 10.6 Å². The van der Waals surface area contributed by atoms with Crippen LogP contribution in [0.15, 0.2) is 54.7 Å². The van der Waals surface area contributed by atoms with Crippen LogP contribution in [0.25, 0.3) is 10.9 Å². The van der Waals surface area contributed by atoms with E-state index in [1.165, 1.54) is 0 Å². The molecule has 5 nitrogen and oxygen atoms in total. The summed E-state index contributed by atoms with van der Waals surface area (Å²) in [6, 6.07) is 14.6. The Morgan fingerprint density at radius 3 is 2.73 bits per heavy atom. The molecule has 4 rings (SSSR count). The summed E-state index contributed by atoms with van der Waals surface area (Å²) in [5.74, 6) is 0.144. The fourth-order valence-corrected chi connectivity index (χ4v) is 3.20. The second kappa shape index (κ2) is 7.54. The second-order valence-corrected chi connectivity index (χ2v) is 6.10. The third-order valence-electron chi connectivity index (χ3n) is 4.42. The molecule has 0 aliphatic heterocycles. The van der Waals surface area contributed by atoms with Gasteiger partial charge in [0.15, 0.2) is 5.78 Å². The zero-order chi connectivity index (χ0) is 17.2. The van der Waals surface area contributed by atoms with Crippen LogP contribution < -0.4 is 10.6 Å². The fourth-order valence-electron chi connectivity index (χ4n) is 3.20. The number of benzene rings is 2. The van der Waals surface area contributed by atoms with Gasteiger partial charge in [0.25, 0.3) is 0 Å². The number of pyridine rings is 1. The minimum absolute atomic E-state index is 0. The zero-order valence-electron chi connectivity index (χ0n) is 14.0.